The van der Waals surface area contributed by atoms with Crippen LogP contribution in [-0.2, 0) is 14.6 Å². The molecule has 0 aromatic heterocycles. The van der Waals surface area contributed by atoms with Crippen LogP contribution in [0, 0.1) is 0 Å². The maximum Gasteiger partial charge on any atom is 0.409 e. The minimum atomic E-state index is -2.97. The van der Waals surface area contributed by atoms with Gasteiger partial charge in [0, 0.05) is 42.7 Å². The van der Waals surface area contributed by atoms with Crippen LogP contribution in [0.1, 0.15) is 17.3 Å². The van der Waals surface area contributed by atoms with Crippen LogP contribution in [0.3, 0.4) is 0 Å². The summed E-state index contributed by atoms with van der Waals surface area (Å²) in [5.74, 6) is 0.220. The normalized spacial score (nSPS) is 24.9. The molecule has 0 spiro atoms. The number of nitrogens with one attached hydrogen (secondary N) is 1. The van der Waals surface area contributed by atoms with Crippen LogP contribution in [0.2, 0.25) is 0 Å². The highest BCUT2D eigenvalue weighted by Gasteiger charge is 2.42. The maximum absolute atomic E-state index is 12.7. The van der Waals surface area contributed by atoms with Gasteiger partial charge in [-0.1, -0.05) is 11.8 Å². The van der Waals surface area contributed by atoms with Crippen molar-refractivity contribution in [3.8, 4) is 0 Å². The topological polar surface area (TPSA) is 108 Å². The van der Waals surface area contributed by atoms with Gasteiger partial charge in [0.05, 0.1) is 24.2 Å². The van der Waals surface area contributed by atoms with E-state index in [-0.39, 0.29) is 34.8 Å². The summed E-state index contributed by atoms with van der Waals surface area (Å²) < 4.78 is 28.3. The molecule has 0 radical (unpaired) electrons. The zero-order chi connectivity index (χ0) is 21.3. The summed E-state index contributed by atoms with van der Waals surface area (Å²) in [5, 5.41) is 3.92. The fourth-order valence-corrected chi connectivity index (χ4v) is 7.40. The van der Waals surface area contributed by atoms with Crippen LogP contribution in [0.5, 0.6) is 0 Å². The van der Waals surface area contributed by atoms with E-state index in [1.54, 1.807) is 28.9 Å². The molecule has 162 valence electrons. The van der Waals surface area contributed by atoms with E-state index in [9.17, 15) is 18.0 Å². The van der Waals surface area contributed by atoms with Crippen molar-refractivity contribution in [2.24, 2.45) is 4.99 Å². The predicted molar refractivity (Wildman–Crippen MR) is 116 cm³/mol. The predicted octanol–water partition coefficient (Wildman–Crippen LogP) is 1.28. The number of rotatable bonds is 3. The Labute approximate surface area is 179 Å². The summed E-state index contributed by atoms with van der Waals surface area (Å²) in [5.41, 5.74) is 1.38. The number of hydrogen-bond acceptors (Lipinski definition) is 8. The SMILES string of the molecule is CCOC(=O)N1CCN(C(=O)c2ccc(NC3=NC4CS(=O)(=O)CC4S3)cc2)CC1. The van der Waals surface area contributed by atoms with Crippen LogP contribution in [0.4, 0.5) is 10.5 Å². The second-order valence-corrected chi connectivity index (χ2v) is 10.8. The molecule has 1 aromatic carbocycles. The fourth-order valence-electron chi connectivity index (χ4n) is 3.73. The van der Waals surface area contributed by atoms with Gasteiger partial charge in [-0.15, -0.1) is 0 Å². The van der Waals surface area contributed by atoms with E-state index in [4.69, 9.17) is 4.74 Å². The van der Waals surface area contributed by atoms with E-state index in [1.165, 1.54) is 11.8 Å². The van der Waals surface area contributed by atoms with Gasteiger partial charge in [0.1, 0.15) is 0 Å². The number of anilines is 1. The molecule has 0 bridgehead atoms. The lowest BCUT2D eigenvalue weighted by molar-refractivity contribution is 0.0570. The highest BCUT2D eigenvalue weighted by molar-refractivity contribution is 8.15. The second kappa shape index (κ2) is 8.46. The van der Waals surface area contributed by atoms with Crippen molar-refractivity contribution in [3.05, 3.63) is 29.8 Å². The lowest BCUT2D eigenvalue weighted by atomic mass is 10.1. The van der Waals surface area contributed by atoms with Gasteiger partial charge in [-0.05, 0) is 31.2 Å². The Morgan fingerprint density at radius 2 is 1.80 bits per heavy atom. The van der Waals surface area contributed by atoms with Crippen molar-refractivity contribution in [2.75, 3.05) is 49.6 Å². The Kier molecular flexibility index (Phi) is 5.92. The van der Waals surface area contributed by atoms with E-state index in [2.05, 4.69) is 10.3 Å². The zero-order valence-corrected chi connectivity index (χ0v) is 18.2. The number of sulfone groups is 1. The van der Waals surface area contributed by atoms with Gasteiger partial charge in [-0.3, -0.25) is 9.79 Å². The molecule has 2 atom stereocenters. The molecule has 3 heterocycles. The molecule has 0 aliphatic carbocycles. The van der Waals surface area contributed by atoms with Gasteiger partial charge in [-0.25, -0.2) is 13.2 Å². The molecule has 2 unspecified atom stereocenters. The average Bonchev–Trinajstić information content (AvgIpc) is 3.21. The Bertz CT molecular complexity index is 956. The number of aliphatic imine (C=N–C) groups is 1. The molecule has 1 aromatic rings. The molecular formula is C19H24N4O5S2. The molecular weight excluding hydrogens is 428 g/mol. The average molecular weight is 453 g/mol. The van der Waals surface area contributed by atoms with Crippen molar-refractivity contribution in [2.45, 2.75) is 18.2 Å². The van der Waals surface area contributed by atoms with Crippen LogP contribution in [0.25, 0.3) is 0 Å². The Morgan fingerprint density at radius 3 is 2.43 bits per heavy atom. The summed E-state index contributed by atoms with van der Waals surface area (Å²) in [7, 11) is -2.97. The Hall–Kier alpha value is -2.27. The smallest absolute Gasteiger partial charge is 0.409 e. The first-order chi connectivity index (χ1) is 14.3. The van der Waals surface area contributed by atoms with Gasteiger partial charge < -0.3 is 19.9 Å². The van der Waals surface area contributed by atoms with Gasteiger partial charge in [0.15, 0.2) is 15.0 Å². The molecule has 4 rings (SSSR count). The van der Waals surface area contributed by atoms with Crippen LogP contribution in [0.15, 0.2) is 29.3 Å². The summed E-state index contributed by atoms with van der Waals surface area (Å²) in [6, 6.07) is 6.98. The van der Waals surface area contributed by atoms with Crippen LogP contribution >= 0.6 is 11.8 Å². The monoisotopic (exact) mass is 452 g/mol. The fraction of sp³-hybridized carbons (Fsp3) is 0.526. The molecule has 2 saturated heterocycles. The Morgan fingerprint density at radius 1 is 1.13 bits per heavy atom. The largest absolute Gasteiger partial charge is 0.450 e. The number of nitrogens with zero attached hydrogens (tertiary/aromatic N) is 3. The molecule has 11 heteroatoms. The first-order valence-corrected chi connectivity index (χ1v) is 12.6. The first kappa shape index (κ1) is 21.0. The third-order valence-corrected chi connectivity index (χ3v) is 8.44. The number of fused-ring (bicyclic) bond motifs is 1. The summed E-state index contributed by atoms with van der Waals surface area (Å²) in [6.07, 6.45) is -0.338. The van der Waals surface area contributed by atoms with Gasteiger partial charge in [0.2, 0.25) is 0 Å². The first-order valence-electron chi connectivity index (χ1n) is 9.87. The number of benzene rings is 1. The van der Waals surface area contributed by atoms with Crippen molar-refractivity contribution >= 4 is 44.5 Å². The summed E-state index contributed by atoms with van der Waals surface area (Å²) >= 11 is 1.46. The number of ether oxygens (including phenoxy) is 1. The third kappa shape index (κ3) is 4.56. The summed E-state index contributed by atoms with van der Waals surface area (Å²) in [4.78, 5) is 32.3. The number of piperazine rings is 1. The molecule has 30 heavy (non-hydrogen) atoms. The van der Waals surface area contributed by atoms with Crippen LogP contribution in [-0.4, -0.2) is 91.0 Å². The Balaban J connectivity index is 1.31. The number of thioether (sulfide) groups is 1. The third-order valence-electron chi connectivity index (χ3n) is 5.29. The summed E-state index contributed by atoms with van der Waals surface area (Å²) in [6.45, 7) is 3.96. The van der Waals surface area contributed by atoms with Crippen molar-refractivity contribution in [1.82, 2.24) is 9.80 Å². The lowest BCUT2D eigenvalue weighted by Gasteiger charge is -2.34. The molecule has 0 saturated carbocycles. The van der Waals surface area contributed by atoms with Crippen LogP contribution < -0.4 is 5.32 Å². The molecule has 9 nitrogen and oxygen atoms in total. The van der Waals surface area contributed by atoms with E-state index in [1.807, 2.05) is 12.1 Å². The second-order valence-electron chi connectivity index (χ2n) is 7.42. The quantitative estimate of drug-likeness (QED) is 0.736. The number of amidine groups is 1. The van der Waals surface area contributed by atoms with Gasteiger partial charge in [0.25, 0.3) is 5.91 Å². The minimum Gasteiger partial charge on any atom is -0.450 e. The maximum atomic E-state index is 12.7. The lowest BCUT2D eigenvalue weighted by Crippen LogP contribution is -2.50. The van der Waals surface area contributed by atoms with E-state index in [0.717, 1.165) is 5.69 Å². The highest BCUT2D eigenvalue weighted by Crippen LogP contribution is 2.34. The highest BCUT2D eigenvalue weighted by atomic mass is 32.2. The standard InChI is InChI=1S/C19H24N4O5S2/c1-2-28-19(25)23-9-7-22(8-10-23)17(24)13-3-5-14(6-4-13)20-18-21-15-11-30(26,27)12-16(15)29-18/h3-6,15-16H,2,7-12H2,1H3,(H,20,21). The molecule has 1 N–H and O–H groups in total. The number of hydrogen-bond donors (Lipinski definition) is 1. The number of carbonyl (C=O) groups is 2. The van der Waals surface area contributed by atoms with Crippen molar-refractivity contribution in [3.63, 3.8) is 0 Å². The van der Waals surface area contributed by atoms with E-state index in [0.29, 0.717) is 43.5 Å². The number of amides is 2. The van der Waals surface area contributed by atoms with Crippen molar-refractivity contribution < 1.29 is 22.7 Å². The van der Waals surface area contributed by atoms with Crippen molar-refractivity contribution in [1.29, 1.82) is 0 Å². The van der Waals surface area contributed by atoms with E-state index >= 15 is 0 Å². The molecule has 2 fully saturated rings. The molecule has 2 amide bonds. The van der Waals surface area contributed by atoms with Gasteiger partial charge in [-0.2, -0.15) is 0 Å². The minimum absolute atomic E-state index is 0.00775. The zero-order valence-electron chi connectivity index (χ0n) is 16.6. The number of carbonyl (C=O) groups excluding carboxylic acids is 2. The van der Waals surface area contributed by atoms with E-state index < -0.39 is 9.84 Å². The molecule has 3 aliphatic heterocycles. The van der Waals surface area contributed by atoms with Gasteiger partial charge >= 0.3 is 6.09 Å². The molecule has 3 aliphatic rings.